The van der Waals surface area contributed by atoms with Gasteiger partial charge >= 0.3 is 6.09 Å². The summed E-state index contributed by atoms with van der Waals surface area (Å²) in [5.41, 5.74) is 0.907. The summed E-state index contributed by atoms with van der Waals surface area (Å²) in [6, 6.07) is 11.7. The zero-order valence-electron chi connectivity index (χ0n) is 18.8. The molecule has 0 aliphatic heterocycles. The van der Waals surface area contributed by atoms with Crippen molar-refractivity contribution in [1.82, 2.24) is 10.3 Å². The zero-order chi connectivity index (χ0) is 23.4. The number of hydrogen-bond acceptors (Lipinski definition) is 5. The third-order valence-electron chi connectivity index (χ3n) is 4.60. The second-order valence-electron chi connectivity index (χ2n) is 9.42. The first kappa shape index (κ1) is 26.1. The van der Waals surface area contributed by atoms with Crippen LogP contribution in [-0.4, -0.2) is 21.5 Å². The minimum absolute atomic E-state index is 0.296. The molecule has 2 aromatic rings. The number of carbonyl (C=O) groups is 1. The van der Waals surface area contributed by atoms with Crippen LogP contribution in [0.4, 0.5) is 4.79 Å². The van der Waals surface area contributed by atoms with Gasteiger partial charge in [-0.1, -0.05) is 62.7 Å². The first-order valence-electron chi connectivity index (χ1n) is 9.95. The molecule has 170 valence electrons. The SMILES string of the molecule is CC(C)(C)OC(=O)N[C@](S)(Cc1cc(OCc2ccccc2)c(Cl)nc1I)C(C)(C)C. The Morgan fingerprint density at radius 2 is 1.77 bits per heavy atom. The number of carbonyl (C=O) groups excluding carboxylic acids is 1. The van der Waals surface area contributed by atoms with Crippen molar-refractivity contribution in [1.29, 1.82) is 0 Å². The first-order valence-corrected chi connectivity index (χ1v) is 11.9. The third-order valence-corrected chi connectivity index (χ3v) is 6.75. The average Bonchev–Trinajstić information content (AvgIpc) is 2.61. The van der Waals surface area contributed by atoms with E-state index in [1.165, 1.54) is 0 Å². The van der Waals surface area contributed by atoms with Gasteiger partial charge in [0.05, 0.1) is 4.87 Å². The number of pyridine rings is 1. The Labute approximate surface area is 209 Å². The molecule has 2 rings (SSSR count). The van der Waals surface area contributed by atoms with Crippen molar-refractivity contribution in [2.24, 2.45) is 5.41 Å². The minimum Gasteiger partial charge on any atom is -0.486 e. The normalized spacial score (nSPS) is 14.0. The van der Waals surface area contributed by atoms with Gasteiger partial charge in [0.2, 0.25) is 0 Å². The molecule has 0 bridgehead atoms. The van der Waals surface area contributed by atoms with Crippen LogP contribution in [-0.2, 0) is 17.8 Å². The molecule has 0 spiro atoms. The lowest BCUT2D eigenvalue weighted by molar-refractivity contribution is 0.0442. The van der Waals surface area contributed by atoms with E-state index in [-0.39, 0.29) is 5.41 Å². The number of amides is 1. The Bertz CT molecular complexity index is 914. The molecule has 1 atom stereocenters. The summed E-state index contributed by atoms with van der Waals surface area (Å²) in [4.78, 5) is 16.1. The van der Waals surface area contributed by atoms with Crippen molar-refractivity contribution in [2.45, 2.75) is 65.0 Å². The van der Waals surface area contributed by atoms with E-state index in [4.69, 9.17) is 33.7 Å². The highest BCUT2D eigenvalue weighted by atomic mass is 127. The van der Waals surface area contributed by atoms with Gasteiger partial charge in [0.1, 0.15) is 15.9 Å². The fourth-order valence-corrected chi connectivity index (χ4v) is 3.88. The lowest BCUT2D eigenvalue weighted by atomic mass is 9.82. The number of hydrogen-bond donors (Lipinski definition) is 2. The van der Waals surface area contributed by atoms with Gasteiger partial charge in [-0.05, 0) is 66.0 Å². The lowest BCUT2D eigenvalue weighted by Gasteiger charge is -2.42. The molecule has 1 aromatic heterocycles. The van der Waals surface area contributed by atoms with Gasteiger partial charge in [-0.2, -0.15) is 12.6 Å². The first-order chi connectivity index (χ1) is 14.2. The van der Waals surface area contributed by atoms with E-state index >= 15 is 0 Å². The highest BCUT2D eigenvalue weighted by Crippen LogP contribution is 2.39. The Balaban J connectivity index is 2.28. The molecular formula is C23H30ClIN2O3S. The van der Waals surface area contributed by atoms with Crippen molar-refractivity contribution in [2.75, 3.05) is 0 Å². The summed E-state index contributed by atoms with van der Waals surface area (Å²) in [6.45, 7) is 11.9. The standard InChI is InChI=1S/C23H30ClIN2O3S/c1-21(2,3)23(31,27-20(28)30-22(4,5)6)13-16-12-17(18(24)26-19(16)25)29-14-15-10-8-7-9-11-15/h7-12,31H,13-14H2,1-6H3,(H,27,28)/t23-/m0/s1. The van der Waals surface area contributed by atoms with E-state index in [2.05, 4.69) is 32.9 Å². The summed E-state index contributed by atoms with van der Waals surface area (Å²) < 4.78 is 12.1. The van der Waals surface area contributed by atoms with E-state index in [0.29, 0.717) is 23.9 Å². The van der Waals surface area contributed by atoms with Gasteiger partial charge in [-0.15, -0.1) is 0 Å². The monoisotopic (exact) mass is 576 g/mol. The van der Waals surface area contributed by atoms with E-state index in [1.54, 1.807) is 0 Å². The number of alkyl carbamates (subject to hydrolysis) is 1. The molecule has 0 radical (unpaired) electrons. The molecule has 0 saturated heterocycles. The van der Waals surface area contributed by atoms with Gasteiger partial charge in [0.15, 0.2) is 10.9 Å². The molecule has 0 fully saturated rings. The van der Waals surface area contributed by atoms with Crippen LogP contribution in [0.1, 0.15) is 52.7 Å². The molecule has 0 aliphatic carbocycles. The number of nitrogens with one attached hydrogen (secondary N) is 1. The van der Waals surface area contributed by atoms with Crippen LogP contribution < -0.4 is 10.1 Å². The molecule has 5 nitrogen and oxygen atoms in total. The number of ether oxygens (including phenoxy) is 2. The fourth-order valence-electron chi connectivity index (χ4n) is 2.70. The summed E-state index contributed by atoms with van der Waals surface area (Å²) in [7, 11) is 0. The molecule has 1 aromatic carbocycles. The predicted molar refractivity (Wildman–Crippen MR) is 137 cm³/mol. The van der Waals surface area contributed by atoms with Gasteiger partial charge in [-0.3, -0.25) is 0 Å². The van der Waals surface area contributed by atoms with Crippen LogP contribution in [0.25, 0.3) is 0 Å². The molecule has 1 heterocycles. The van der Waals surface area contributed by atoms with Gasteiger partial charge in [-0.25, -0.2) is 9.78 Å². The summed E-state index contributed by atoms with van der Waals surface area (Å²) in [6.07, 6.45) is -0.113. The minimum atomic E-state index is -0.901. The van der Waals surface area contributed by atoms with E-state index in [0.717, 1.165) is 14.8 Å². The smallest absolute Gasteiger partial charge is 0.408 e. The average molecular weight is 577 g/mol. The van der Waals surface area contributed by atoms with Crippen molar-refractivity contribution >= 4 is 52.9 Å². The molecule has 0 saturated carbocycles. The van der Waals surface area contributed by atoms with E-state index < -0.39 is 16.6 Å². The quantitative estimate of drug-likeness (QED) is 0.175. The molecule has 8 heteroatoms. The van der Waals surface area contributed by atoms with Crippen molar-refractivity contribution in [3.63, 3.8) is 0 Å². The Hall–Kier alpha value is -1.19. The maximum atomic E-state index is 12.5. The molecular weight excluding hydrogens is 547 g/mol. The van der Waals surface area contributed by atoms with Crippen LogP contribution in [0, 0.1) is 9.12 Å². The summed E-state index contributed by atoms with van der Waals surface area (Å²) >= 11 is 13.4. The topological polar surface area (TPSA) is 60.5 Å². The fraction of sp³-hybridized carbons (Fsp3) is 0.478. The van der Waals surface area contributed by atoms with E-state index in [1.807, 2.05) is 77.9 Å². The highest BCUT2D eigenvalue weighted by Gasteiger charge is 2.42. The molecule has 0 unspecified atom stereocenters. The largest absolute Gasteiger partial charge is 0.486 e. The molecule has 0 aliphatic rings. The molecule has 1 N–H and O–H groups in total. The van der Waals surface area contributed by atoms with E-state index in [9.17, 15) is 4.79 Å². The second kappa shape index (κ2) is 10.2. The Morgan fingerprint density at radius 3 is 2.32 bits per heavy atom. The number of aromatic nitrogens is 1. The summed E-state index contributed by atoms with van der Waals surface area (Å²) in [5.74, 6) is 0.489. The van der Waals surface area contributed by atoms with Crippen LogP contribution in [0.5, 0.6) is 5.75 Å². The van der Waals surface area contributed by atoms with Gasteiger partial charge < -0.3 is 14.8 Å². The number of rotatable bonds is 6. The Kier molecular flexibility index (Phi) is 8.55. The highest BCUT2D eigenvalue weighted by molar-refractivity contribution is 14.1. The lowest BCUT2D eigenvalue weighted by Crippen LogP contribution is -2.55. The van der Waals surface area contributed by atoms with Crippen molar-refractivity contribution < 1.29 is 14.3 Å². The third kappa shape index (κ3) is 7.71. The van der Waals surface area contributed by atoms with Crippen molar-refractivity contribution in [3.8, 4) is 5.75 Å². The van der Waals surface area contributed by atoms with Crippen LogP contribution in [0.15, 0.2) is 36.4 Å². The second-order valence-corrected chi connectivity index (χ2v) is 11.6. The maximum Gasteiger partial charge on any atom is 0.408 e. The maximum absolute atomic E-state index is 12.5. The van der Waals surface area contributed by atoms with Gasteiger partial charge in [0.25, 0.3) is 0 Å². The number of benzene rings is 1. The Morgan fingerprint density at radius 1 is 1.16 bits per heavy atom. The van der Waals surface area contributed by atoms with Crippen LogP contribution >= 0.6 is 46.8 Å². The predicted octanol–water partition coefficient (Wildman–Crippen LogP) is 6.66. The molecule has 31 heavy (non-hydrogen) atoms. The summed E-state index contributed by atoms with van der Waals surface area (Å²) in [5, 5.41) is 3.25. The zero-order valence-corrected chi connectivity index (χ0v) is 22.6. The number of nitrogens with zero attached hydrogens (tertiary/aromatic N) is 1. The van der Waals surface area contributed by atoms with Crippen molar-refractivity contribution in [3.05, 3.63) is 56.4 Å². The van der Waals surface area contributed by atoms with Crippen LogP contribution in [0.3, 0.4) is 0 Å². The van der Waals surface area contributed by atoms with Gasteiger partial charge in [0, 0.05) is 6.42 Å². The van der Waals surface area contributed by atoms with Crippen LogP contribution in [0.2, 0.25) is 5.15 Å². The number of halogens is 2. The number of thiol groups is 1. The molecule has 1 amide bonds.